The number of carbonyl (C=O) groups excluding carboxylic acids is 1. The van der Waals surface area contributed by atoms with Crippen molar-refractivity contribution >= 4 is 36.5 Å². The molecule has 0 saturated carbocycles. The van der Waals surface area contributed by atoms with Crippen molar-refractivity contribution in [2.75, 3.05) is 31.1 Å². The molecule has 1 aromatic heterocycles. The van der Waals surface area contributed by atoms with Crippen LogP contribution in [0, 0.1) is 0 Å². The monoisotopic (exact) mass is 322 g/mol. The summed E-state index contributed by atoms with van der Waals surface area (Å²) in [6, 6.07) is 3.68. The van der Waals surface area contributed by atoms with Crippen LogP contribution >= 0.6 is 24.8 Å². The summed E-state index contributed by atoms with van der Waals surface area (Å²) in [7, 11) is 0. The maximum atomic E-state index is 11.7. The largest absolute Gasteiger partial charge is 0.357 e. The Morgan fingerprint density at radius 1 is 1.35 bits per heavy atom. The summed E-state index contributed by atoms with van der Waals surface area (Å²) in [6.07, 6.45) is 2.69. The van der Waals surface area contributed by atoms with Gasteiger partial charge in [-0.1, -0.05) is 6.92 Å². The van der Waals surface area contributed by atoms with Crippen LogP contribution in [0.5, 0.6) is 0 Å². The molecule has 0 saturated heterocycles. The summed E-state index contributed by atoms with van der Waals surface area (Å²) >= 11 is 0. The number of rotatable bonds is 7. The number of halogens is 2. The number of pyridine rings is 1. The number of nitrogens with one attached hydrogen (secondary N) is 1. The summed E-state index contributed by atoms with van der Waals surface area (Å²) < 4.78 is 0. The molecule has 0 radical (unpaired) electrons. The maximum Gasteiger partial charge on any atom is 0.252 e. The fourth-order valence-corrected chi connectivity index (χ4v) is 1.70. The summed E-state index contributed by atoms with van der Waals surface area (Å²) in [6.45, 7) is 7.05. The minimum atomic E-state index is -0.127. The number of aromatic nitrogens is 1. The maximum absolute atomic E-state index is 11.7. The highest BCUT2D eigenvalue weighted by Gasteiger charge is 2.08. The van der Waals surface area contributed by atoms with E-state index in [9.17, 15) is 4.79 Å². The van der Waals surface area contributed by atoms with Crippen LogP contribution < -0.4 is 16.0 Å². The molecule has 0 bridgehead atoms. The second-order valence-electron chi connectivity index (χ2n) is 4.03. The van der Waals surface area contributed by atoms with E-state index in [1.165, 1.54) is 0 Å². The average molecular weight is 323 g/mol. The van der Waals surface area contributed by atoms with E-state index in [2.05, 4.69) is 29.0 Å². The molecule has 20 heavy (non-hydrogen) atoms. The third-order valence-electron chi connectivity index (χ3n) is 2.64. The van der Waals surface area contributed by atoms with Gasteiger partial charge in [0.2, 0.25) is 0 Å². The van der Waals surface area contributed by atoms with E-state index >= 15 is 0 Å². The Labute approximate surface area is 133 Å². The summed E-state index contributed by atoms with van der Waals surface area (Å²) in [5.74, 6) is 0.785. The minimum Gasteiger partial charge on any atom is -0.357 e. The molecule has 0 atom stereocenters. The highest BCUT2D eigenvalue weighted by molar-refractivity contribution is 5.94. The Kier molecular flexibility index (Phi) is 12.5. The van der Waals surface area contributed by atoms with Crippen LogP contribution in [0.1, 0.15) is 30.6 Å². The Bertz CT molecular complexity index is 373. The lowest BCUT2D eigenvalue weighted by Gasteiger charge is -2.21. The smallest absolute Gasteiger partial charge is 0.252 e. The van der Waals surface area contributed by atoms with Crippen LogP contribution in [-0.2, 0) is 0 Å². The third-order valence-corrected chi connectivity index (χ3v) is 2.64. The van der Waals surface area contributed by atoms with Gasteiger partial charge in [-0.3, -0.25) is 4.79 Å². The fraction of sp³-hybridized carbons (Fsp3) is 0.538. The van der Waals surface area contributed by atoms with Crippen molar-refractivity contribution in [3.8, 4) is 0 Å². The Morgan fingerprint density at radius 2 is 2.05 bits per heavy atom. The van der Waals surface area contributed by atoms with Gasteiger partial charge in [0.1, 0.15) is 5.82 Å². The fourth-order valence-electron chi connectivity index (χ4n) is 1.70. The third kappa shape index (κ3) is 6.41. The molecule has 0 aliphatic heterocycles. The first-order chi connectivity index (χ1) is 8.72. The van der Waals surface area contributed by atoms with Gasteiger partial charge in [-0.05, 0) is 25.5 Å². The molecule has 0 spiro atoms. The van der Waals surface area contributed by atoms with Crippen molar-refractivity contribution in [3.05, 3.63) is 23.9 Å². The van der Waals surface area contributed by atoms with Gasteiger partial charge < -0.3 is 16.0 Å². The van der Waals surface area contributed by atoms with Gasteiger partial charge in [-0.2, -0.15) is 0 Å². The molecule has 1 amide bonds. The zero-order chi connectivity index (χ0) is 13.4. The molecule has 1 aromatic rings. The van der Waals surface area contributed by atoms with Gasteiger partial charge in [0.05, 0.1) is 5.56 Å². The van der Waals surface area contributed by atoms with Crippen LogP contribution in [0.25, 0.3) is 0 Å². The van der Waals surface area contributed by atoms with Gasteiger partial charge in [0.15, 0.2) is 0 Å². The van der Waals surface area contributed by atoms with Gasteiger partial charge in [0, 0.05) is 32.4 Å². The van der Waals surface area contributed by atoms with Gasteiger partial charge in [-0.25, -0.2) is 4.98 Å². The summed E-state index contributed by atoms with van der Waals surface area (Å²) in [5.41, 5.74) is 5.90. The molecule has 7 heteroatoms. The number of nitrogens with two attached hydrogens (primary N) is 1. The second kappa shape index (κ2) is 11.8. The number of amides is 1. The molecule has 5 nitrogen and oxygen atoms in total. The van der Waals surface area contributed by atoms with Gasteiger partial charge in [0.25, 0.3) is 5.91 Å². The van der Waals surface area contributed by atoms with Crippen molar-refractivity contribution in [1.82, 2.24) is 10.3 Å². The molecule has 1 heterocycles. The van der Waals surface area contributed by atoms with Gasteiger partial charge >= 0.3 is 0 Å². The highest BCUT2D eigenvalue weighted by Crippen LogP contribution is 2.11. The highest BCUT2D eigenvalue weighted by atomic mass is 35.5. The molecule has 0 unspecified atom stereocenters. The van der Waals surface area contributed by atoms with E-state index in [0.29, 0.717) is 18.7 Å². The van der Waals surface area contributed by atoms with Gasteiger partial charge in [-0.15, -0.1) is 24.8 Å². The second-order valence-corrected chi connectivity index (χ2v) is 4.03. The summed E-state index contributed by atoms with van der Waals surface area (Å²) in [5, 5.41) is 2.72. The van der Waals surface area contributed by atoms with E-state index in [1.54, 1.807) is 12.3 Å². The van der Waals surface area contributed by atoms with E-state index in [0.717, 1.165) is 25.3 Å². The number of anilines is 1. The van der Waals surface area contributed by atoms with Crippen LogP contribution in [0.3, 0.4) is 0 Å². The van der Waals surface area contributed by atoms with E-state index in [1.807, 2.05) is 6.07 Å². The Morgan fingerprint density at radius 3 is 2.50 bits per heavy atom. The molecule has 0 aliphatic carbocycles. The van der Waals surface area contributed by atoms with Crippen LogP contribution in [0.2, 0.25) is 0 Å². The molecule has 1 rings (SSSR count). The summed E-state index contributed by atoms with van der Waals surface area (Å²) in [4.78, 5) is 18.2. The molecule has 0 aromatic carbocycles. The predicted octanol–water partition coefficient (Wildman–Crippen LogP) is 1.85. The standard InChI is InChI=1S/C13H22N4O.2ClH/c1-3-9-17(4-2)12-6-5-11(10-16-12)13(18)15-8-7-14;;/h5-6,10H,3-4,7-9,14H2,1-2H3,(H,15,18);2*1H. The normalized spacial score (nSPS) is 9.15. The lowest BCUT2D eigenvalue weighted by molar-refractivity contribution is 0.0954. The molecule has 116 valence electrons. The zero-order valence-electron chi connectivity index (χ0n) is 12.0. The number of nitrogens with zero attached hydrogens (tertiary/aromatic N) is 2. The SMILES string of the molecule is CCCN(CC)c1ccc(C(=O)NCCN)cn1.Cl.Cl. The van der Waals surface area contributed by atoms with E-state index < -0.39 is 0 Å². The van der Waals surface area contributed by atoms with E-state index in [4.69, 9.17) is 5.73 Å². The van der Waals surface area contributed by atoms with Crippen LogP contribution in [-0.4, -0.2) is 37.1 Å². The quantitative estimate of drug-likeness (QED) is 0.803. The molecular weight excluding hydrogens is 299 g/mol. The molecule has 0 aliphatic rings. The average Bonchev–Trinajstić information content (AvgIpc) is 2.42. The van der Waals surface area contributed by atoms with Crippen LogP contribution in [0.15, 0.2) is 18.3 Å². The lowest BCUT2D eigenvalue weighted by atomic mass is 10.2. The number of hydrogen-bond acceptors (Lipinski definition) is 4. The van der Waals surface area contributed by atoms with Crippen molar-refractivity contribution < 1.29 is 4.79 Å². The Hall–Kier alpha value is -1.04. The minimum absolute atomic E-state index is 0. The topological polar surface area (TPSA) is 71.2 Å². The molecular formula is C13H24Cl2N4O. The Balaban J connectivity index is 0. The van der Waals surface area contributed by atoms with E-state index in [-0.39, 0.29) is 30.7 Å². The van der Waals surface area contributed by atoms with Crippen molar-refractivity contribution in [2.24, 2.45) is 5.73 Å². The van der Waals surface area contributed by atoms with Crippen molar-refractivity contribution in [2.45, 2.75) is 20.3 Å². The first kappa shape index (κ1) is 21.3. The number of hydrogen-bond donors (Lipinski definition) is 2. The molecule has 0 fully saturated rings. The van der Waals surface area contributed by atoms with Crippen LogP contribution in [0.4, 0.5) is 5.82 Å². The van der Waals surface area contributed by atoms with Crippen molar-refractivity contribution in [3.63, 3.8) is 0 Å². The lowest BCUT2D eigenvalue weighted by Crippen LogP contribution is -2.29. The first-order valence-electron chi connectivity index (χ1n) is 6.42. The first-order valence-corrected chi connectivity index (χ1v) is 6.42. The molecule has 3 N–H and O–H groups in total. The van der Waals surface area contributed by atoms with Crippen molar-refractivity contribution in [1.29, 1.82) is 0 Å². The predicted molar refractivity (Wildman–Crippen MR) is 88.3 cm³/mol. The zero-order valence-corrected chi connectivity index (χ0v) is 13.6. The number of carbonyl (C=O) groups is 1.